The van der Waals surface area contributed by atoms with Crippen molar-refractivity contribution in [3.63, 3.8) is 0 Å². The van der Waals surface area contributed by atoms with Crippen molar-refractivity contribution in [1.29, 1.82) is 0 Å². The van der Waals surface area contributed by atoms with Gasteiger partial charge in [-0.1, -0.05) is 12.1 Å². The van der Waals surface area contributed by atoms with Crippen LogP contribution in [0.5, 0.6) is 0 Å². The van der Waals surface area contributed by atoms with Gasteiger partial charge in [0.1, 0.15) is 12.1 Å². The molecular formula is C14H10F3N3S. The Hall–Kier alpha value is -2.15. The molecule has 3 rings (SSSR count). The highest BCUT2D eigenvalue weighted by Crippen LogP contribution is 2.30. The van der Waals surface area contributed by atoms with Gasteiger partial charge < -0.3 is 5.32 Å². The summed E-state index contributed by atoms with van der Waals surface area (Å²) in [4.78, 5) is 8.25. The summed E-state index contributed by atoms with van der Waals surface area (Å²) < 4.78 is 38.9. The lowest BCUT2D eigenvalue weighted by Gasteiger charge is -2.10. The maximum absolute atomic E-state index is 12.7. The van der Waals surface area contributed by atoms with Crippen LogP contribution < -0.4 is 5.32 Å². The van der Waals surface area contributed by atoms with E-state index in [-0.39, 0.29) is 6.54 Å². The Morgan fingerprint density at radius 2 is 2.00 bits per heavy atom. The van der Waals surface area contributed by atoms with Crippen LogP contribution in [0.25, 0.3) is 10.2 Å². The fraction of sp³-hybridized carbons (Fsp3) is 0.143. The summed E-state index contributed by atoms with van der Waals surface area (Å²) in [6.45, 7) is 0.272. The smallest absolute Gasteiger partial charge is 0.365 e. The molecule has 0 aliphatic rings. The molecule has 7 heteroatoms. The summed E-state index contributed by atoms with van der Waals surface area (Å²) in [6.07, 6.45) is -2.89. The lowest BCUT2D eigenvalue weighted by Crippen LogP contribution is -2.07. The summed E-state index contributed by atoms with van der Waals surface area (Å²) in [7, 11) is 0. The summed E-state index contributed by atoms with van der Waals surface area (Å²) >= 11 is 1.49. The quantitative estimate of drug-likeness (QED) is 0.783. The molecule has 0 amide bonds. The molecule has 3 nitrogen and oxygen atoms in total. The molecule has 0 spiro atoms. The third-order valence-electron chi connectivity index (χ3n) is 2.96. The predicted octanol–water partition coefficient (Wildman–Crippen LogP) is 4.32. The van der Waals surface area contributed by atoms with Crippen LogP contribution in [-0.4, -0.2) is 9.97 Å². The molecular weight excluding hydrogens is 299 g/mol. The summed E-state index contributed by atoms with van der Waals surface area (Å²) in [5, 5.41) is 4.96. The molecule has 0 saturated carbocycles. The number of benzene rings is 1. The van der Waals surface area contributed by atoms with Gasteiger partial charge in [0.15, 0.2) is 0 Å². The predicted molar refractivity (Wildman–Crippen MR) is 76.2 cm³/mol. The van der Waals surface area contributed by atoms with Gasteiger partial charge in [0, 0.05) is 6.54 Å². The second-order valence-corrected chi connectivity index (χ2v) is 5.33. The molecule has 1 N–H and O–H groups in total. The Morgan fingerprint density at radius 1 is 1.14 bits per heavy atom. The molecule has 3 aromatic rings. The van der Waals surface area contributed by atoms with E-state index in [2.05, 4.69) is 15.3 Å². The Labute approximate surface area is 122 Å². The number of nitrogens with one attached hydrogen (secondary N) is 1. The van der Waals surface area contributed by atoms with Crippen molar-refractivity contribution >= 4 is 27.4 Å². The molecule has 0 fully saturated rings. The fourth-order valence-electron chi connectivity index (χ4n) is 1.96. The molecule has 0 saturated heterocycles. The minimum atomic E-state index is -4.33. The normalized spacial score (nSPS) is 11.8. The SMILES string of the molecule is FC(F)(F)c1cccc(CNc2ncnc3ccsc23)c1. The van der Waals surface area contributed by atoms with Crippen molar-refractivity contribution in [2.75, 3.05) is 5.32 Å². The highest BCUT2D eigenvalue weighted by atomic mass is 32.1. The minimum absolute atomic E-state index is 0.272. The van der Waals surface area contributed by atoms with Gasteiger partial charge in [0.25, 0.3) is 0 Å². The summed E-state index contributed by atoms with van der Waals surface area (Å²) in [5.41, 5.74) is 0.723. The first-order chi connectivity index (χ1) is 10.0. The molecule has 0 aliphatic heterocycles. The maximum atomic E-state index is 12.7. The topological polar surface area (TPSA) is 37.8 Å². The zero-order valence-electron chi connectivity index (χ0n) is 10.7. The van der Waals surface area contributed by atoms with E-state index in [4.69, 9.17) is 0 Å². The summed E-state index contributed by atoms with van der Waals surface area (Å²) in [5.74, 6) is 0.632. The molecule has 0 radical (unpaired) electrons. The average Bonchev–Trinajstić information content (AvgIpc) is 2.93. The van der Waals surface area contributed by atoms with Gasteiger partial charge in [-0.2, -0.15) is 13.2 Å². The number of thiophene rings is 1. The molecule has 2 heterocycles. The van der Waals surface area contributed by atoms with Gasteiger partial charge >= 0.3 is 6.18 Å². The molecule has 2 aromatic heterocycles. The Bertz CT molecular complexity index is 767. The average molecular weight is 309 g/mol. The van der Waals surface area contributed by atoms with Crippen LogP contribution in [0.2, 0.25) is 0 Å². The van der Waals surface area contributed by atoms with Crippen LogP contribution in [0.1, 0.15) is 11.1 Å². The molecule has 1 aromatic carbocycles. The van der Waals surface area contributed by atoms with Gasteiger partial charge in [-0.05, 0) is 29.1 Å². The van der Waals surface area contributed by atoms with E-state index < -0.39 is 11.7 Å². The monoisotopic (exact) mass is 309 g/mol. The highest BCUT2D eigenvalue weighted by molar-refractivity contribution is 7.17. The second kappa shape index (κ2) is 5.33. The molecule has 0 bridgehead atoms. The number of alkyl halides is 3. The van der Waals surface area contributed by atoms with E-state index in [1.807, 2.05) is 11.4 Å². The zero-order valence-corrected chi connectivity index (χ0v) is 11.5. The largest absolute Gasteiger partial charge is 0.416 e. The second-order valence-electron chi connectivity index (χ2n) is 4.41. The number of hydrogen-bond acceptors (Lipinski definition) is 4. The molecule has 0 atom stereocenters. The van der Waals surface area contributed by atoms with Crippen molar-refractivity contribution in [2.45, 2.75) is 12.7 Å². The standard InChI is InChI=1S/C14H10F3N3S/c15-14(16,17)10-3-1-2-9(6-10)7-18-13-12-11(4-5-21-12)19-8-20-13/h1-6,8H,7H2,(H,18,19,20). The van der Waals surface area contributed by atoms with Crippen molar-refractivity contribution in [1.82, 2.24) is 9.97 Å². The van der Waals surface area contributed by atoms with E-state index in [9.17, 15) is 13.2 Å². The molecule has 0 unspecified atom stereocenters. The van der Waals surface area contributed by atoms with E-state index in [0.717, 1.165) is 22.3 Å². The van der Waals surface area contributed by atoms with Crippen molar-refractivity contribution < 1.29 is 13.2 Å². The van der Waals surface area contributed by atoms with E-state index in [0.29, 0.717) is 11.4 Å². The van der Waals surface area contributed by atoms with Crippen molar-refractivity contribution in [2.24, 2.45) is 0 Å². The van der Waals surface area contributed by atoms with Gasteiger partial charge in [0.2, 0.25) is 0 Å². The van der Waals surface area contributed by atoms with Crippen LogP contribution in [-0.2, 0) is 12.7 Å². The number of nitrogens with zero attached hydrogens (tertiary/aromatic N) is 2. The van der Waals surface area contributed by atoms with Crippen LogP contribution in [0.3, 0.4) is 0 Å². The van der Waals surface area contributed by atoms with Crippen LogP contribution in [0, 0.1) is 0 Å². The Kier molecular flexibility index (Phi) is 3.50. The number of fused-ring (bicyclic) bond motifs is 1. The molecule has 21 heavy (non-hydrogen) atoms. The number of hydrogen-bond donors (Lipinski definition) is 1. The van der Waals surface area contributed by atoms with Crippen molar-refractivity contribution in [3.8, 4) is 0 Å². The van der Waals surface area contributed by atoms with E-state index in [1.54, 1.807) is 6.07 Å². The third kappa shape index (κ3) is 2.97. The van der Waals surface area contributed by atoms with Crippen LogP contribution >= 0.6 is 11.3 Å². The van der Waals surface area contributed by atoms with Crippen LogP contribution in [0.15, 0.2) is 42.0 Å². The third-order valence-corrected chi connectivity index (χ3v) is 3.87. The first kappa shape index (κ1) is 13.8. The number of halogens is 3. The van der Waals surface area contributed by atoms with Crippen LogP contribution in [0.4, 0.5) is 19.0 Å². The highest BCUT2D eigenvalue weighted by Gasteiger charge is 2.30. The first-order valence-corrected chi connectivity index (χ1v) is 7.00. The number of rotatable bonds is 3. The number of aromatic nitrogens is 2. The molecule has 108 valence electrons. The van der Waals surface area contributed by atoms with E-state index in [1.165, 1.54) is 23.7 Å². The van der Waals surface area contributed by atoms with Crippen molar-refractivity contribution in [3.05, 3.63) is 53.2 Å². The fourth-order valence-corrected chi connectivity index (χ4v) is 2.77. The van der Waals surface area contributed by atoms with Gasteiger partial charge in [-0.15, -0.1) is 11.3 Å². The molecule has 0 aliphatic carbocycles. The Balaban J connectivity index is 1.80. The number of anilines is 1. The Morgan fingerprint density at radius 3 is 2.81 bits per heavy atom. The van der Waals surface area contributed by atoms with Gasteiger partial charge in [-0.3, -0.25) is 0 Å². The lowest BCUT2D eigenvalue weighted by atomic mass is 10.1. The van der Waals surface area contributed by atoms with E-state index >= 15 is 0 Å². The maximum Gasteiger partial charge on any atom is 0.416 e. The minimum Gasteiger partial charge on any atom is -0.365 e. The zero-order chi connectivity index (χ0) is 14.9. The van der Waals surface area contributed by atoms with Gasteiger partial charge in [0.05, 0.1) is 15.8 Å². The summed E-state index contributed by atoms with van der Waals surface area (Å²) in [6, 6.07) is 7.12. The van der Waals surface area contributed by atoms with Gasteiger partial charge in [-0.25, -0.2) is 9.97 Å². The lowest BCUT2D eigenvalue weighted by molar-refractivity contribution is -0.137. The first-order valence-electron chi connectivity index (χ1n) is 6.12.